The number of methoxy groups -OCH3 is 1. The van der Waals surface area contributed by atoms with E-state index in [1.807, 2.05) is 24.3 Å². The summed E-state index contributed by atoms with van der Waals surface area (Å²) in [5.74, 6) is 0.820. The minimum atomic E-state index is -3.71. The molecular weight excluding hydrogens is 352 g/mol. The summed E-state index contributed by atoms with van der Waals surface area (Å²) in [6, 6.07) is 14.6. The largest absolute Gasteiger partial charge is 0.495 e. The number of nitrogens with zero attached hydrogens (tertiary/aromatic N) is 2. The van der Waals surface area contributed by atoms with Gasteiger partial charge in [0.25, 0.3) is 0 Å². The Kier molecular flexibility index (Phi) is 4.26. The van der Waals surface area contributed by atoms with Gasteiger partial charge in [-0.1, -0.05) is 29.4 Å². The lowest BCUT2D eigenvalue weighted by atomic mass is 10.0. The molecule has 0 unspecified atom stereocenters. The van der Waals surface area contributed by atoms with E-state index in [0.29, 0.717) is 36.6 Å². The van der Waals surface area contributed by atoms with Crippen LogP contribution in [0, 0.1) is 0 Å². The van der Waals surface area contributed by atoms with E-state index in [2.05, 4.69) is 5.16 Å². The monoisotopic (exact) mass is 370 g/mol. The molecule has 0 spiro atoms. The number of hydrogen-bond acceptors (Lipinski definition) is 5. The van der Waals surface area contributed by atoms with Crippen LogP contribution in [0.4, 0.5) is 0 Å². The number of hydrogen-bond donors (Lipinski definition) is 0. The number of ether oxygens (including phenoxy) is 1. The van der Waals surface area contributed by atoms with Crippen LogP contribution in [0.5, 0.6) is 5.75 Å². The molecule has 134 valence electrons. The number of rotatable bonds is 4. The molecule has 0 saturated heterocycles. The first-order chi connectivity index (χ1) is 12.6. The van der Waals surface area contributed by atoms with E-state index in [-0.39, 0.29) is 4.90 Å². The van der Waals surface area contributed by atoms with E-state index in [9.17, 15) is 8.42 Å². The predicted octanol–water partition coefficient (Wildman–Crippen LogP) is 3.10. The molecule has 2 aromatic carbocycles. The molecule has 0 radical (unpaired) electrons. The van der Waals surface area contributed by atoms with Crippen LogP contribution in [0.15, 0.2) is 64.1 Å². The third-order valence-electron chi connectivity index (χ3n) is 4.60. The molecule has 3 aromatic rings. The Hall–Kier alpha value is -2.64. The molecule has 1 aliphatic rings. The first kappa shape index (κ1) is 16.8. The average Bonchev–Trinajstić information content (AvgIpc) is 3.22. The molecule has 0 aliphatic carbocycles. The van der Waals surface area contributed by atoms with E-state index in [1.54, 1.807) is 24.3 Å². The molecule has 0 amide bonds. The Balaban J connectivity index is 1.75. The van der Waals surface area contributed by atoms with Gasteiger partial charge in [-0.3, -0.25) is 0 Å². The maximum Gasteiger partial charge on any atom is 0.247 e. The summed E-state index contributed by atoms with van der Waals surface area (Å²) in [6.45, 7) is 0.795. The molecule has 0 atom stereocenters. The number of benzene rings is 2. The topological polar surface area (TPSA) is 72.6 Å². The fraction of sp³-hybridized carbons (Fsp3) is 0.211. The van der Waals surface area contributed by atoms with Crippen molar-refractivity contribution in [1.82, 2.24) is 9.46 Å². The summed E-state index contributed by atoms with van der Waals surface area (Å²) in [5, 5.41) is 3.68. The zero-order valence-corrected chi connectivity index (χ0v) is 15.1. The molecule has 7 heteroatoms. The van der Waals surface area contributed by atoms with Crippen molar-refractivity contribution < 1.29 is 17.7 Å². The summed E-state index contributed by atoms with van der Waals surface area (Å²) >= 11 is 0. The van der Waals surface area contributed by atoms with Gasteiger partial charge in [0, 0.05) is 24.7 Å². The van der Waals surface area contributed by atoms with E-state index in [1.165, 1.54) is 23.2 Å². The van der Waals surface area contributed by atoms with Crippen LogP contribution in [0.1, 0.15) is 11.1 Å². The van der Waals surface area contributed by atoms with Crippen LogP contribution >= 0.6 is 0 Å². The van der Waals surface area contributed by atoms with Crippen LogP contribution in [0.25, 0.3) is 11.3 Å². The number of aromatic nitrogens is 1. The molecule has 4 rings (SSSR count). The van der Waals surface area contributed by atoms with Crippen molar-refractivity contribution in [2.24, 2.45) is 0 Å². The van der Waals surface area contributed by atoms with Crippen molar-refractivity contribution >= 4 is 10.0 Å². The standard InChI is InChI=1S/C19H18N2O4S/c1-24-18-7-6-15(17-8-10-20-25-17)12-19(18)26(22,23)21-11-9-14-4-2-3-5-16(14)13-21/h2-8,10,12H,9,11,13H2,1H3. The Morgan fingerprint density at radius 1 is 1.12 bits per heavy atom. The van der Waals surface area contributed by atoms with Crippen LogP contribution in [0.3, 0.4) is 0 Å². The second kappa shape index (κ2) is 6.59. The average molecular weight is 370 g/mol. The highest BCUT2D eigenvalue weighted by Gasteiger charge is 2.31. The molecule has 1 aromatic heterocycles. The van der Waals surface area contributed by atoms with Gasteiger partial charge in [-0.15, -0.1) is 0 Å². The fourth-order valence-electron chi connectivity index (χ4n) is 3.21. The van der Waals surface area contributed by atoms with Gasteiger partial charge in [0.15, 0.2) is 5.76 Å². The SMILES string of the molecule is COc1ccc(-c2ccno2)cc1S(=O)(=O)N1CCc2ccccc2C1. The molecule has 0 bridgehead atoms. The Morgan fingerprint density at radius 2 is 1.92 bits per heavy atom. The van der Waals surface area contributed by atoms with Gasteiger partial charge in [-0.2, -0.15) is 4.31 Å². The second-order valence-electron chi connectivity index (χ2n) is 6.10. The van der Waals surface area contributed by atoms with E-state index >= 15 is 0 Å². The molecule has 0 N–H and O–H groups in total. The van der Waals surface area contributed by atoms with Crippen LogP contribution < -0.4 is 4.74 Å². The van der Waals surface area contributed by atoms with Gasteiger partial charge >= 0.3 is 0 Å². The van der Waals surface area contributed by atoms with Gasteiger partial charge < -0.3 is 9.26 Å². The third-order valence-corrected chi connectivity index (χ3v) is 6.47. The Bertz CT molecular complexity index is 1030. The molecule has 0 saturated carbocycles. The summed E-state index contributed by atoms with van der Waals surface area (Å²) in [7, 11) is -2.25. The van der Waals surface area contributed by atoms with Gasteiger partial charge in [0.1, 0.15) is 10.6 Å². The van der Waals surface area contributed by atoms with Crippen LogP contribution in [0.2, 0.25) is 0 Å². The van der Waals surface area contributed by atoms with Gasteiger partial charge in [-0.25, -0.2) is 8.42 Å². The summed E-state index contributed by atoms with van der Waals surface area (Å²) in [5.41, 5.74) is 2.87. The minimum Gasteiger partial charge on any atom is -0.495 e. The van der Waals surface area contributed by atoms with E-state index < -0.39 is 10.0 Å². The minimum absolute atomic E-state index is 0.133. The highest BCUT2D eigenvalue weighted by molar-refractivity contribution is 7.89. The maximum absolute atomic E-state index is 13.3. The molecule has 1 aliphatic heterocycles. The van der Waals surface area contributed by atoms with E-state index in [4.69, 9.17) is 9.26 Å². The Morgan fingerprint density at radius 3 is 2.65 bits per heavy atom. The zero-order valence-electron chi connectivity index (χ0n) is 14.3. The van der Waals surface area contributed by atoms with Crippen molar-refractivity contribution in [3.63, 3.8) is 0 Å². The van der Waals surface area contributed by atoms with Gasteiger partial charge in [0.2, 0.25) is 10.0 Å². The lowest BCUT2D eigenvalue weighted by Gasteiger charge is -2.28. The lowest BCUT2D eigenvalue weighted by Crippen LogP contribution is -2.36. The van der Waals surface area contributed by atoms with Crippen molar-refractivity contribution in [1.29, 1.82) is 0 Å². The fourth-order valence-corrected chi connectivity index (χ4v) is 4.81. The van der Waals surface area contributed by atoms with Gasteiger partial charge in [0.05, 0.1) is 13.3 Å². The van der Waals surface area contributed by atoms with Crippen molar-refractivity contribution in [3.05, 3.63) is 65.9 Å². The first-order valence-electron chi connectivity index (χ1n) is 8.25. The van der Waals surface area contributed by atoms with E-state index in [0.717, 1.165) is 5.56 Å². The van der Waals surface area contributed by atoms with Gasteiger partial charge in [-0.05, 0) is 35.7 Å². The highest BCUT2D eigenvalue weighted by atomic mass is 32.2. The van der Waals surface area contributed by atoms with Crippen LogP contribution in [-0.2, 0) is 23.0 Å². The summed E-state index contributed by atoms with van der Waals surface area (Å²) in [4.78, 5) is 0.133. The number of sulfonamides is 1. The third kappa shape index (κ3) is 2.89. The second-order valence-corrected chi connectivity index (χ2v) is 8.01. The molecule has 2 heterocycles. The van der Waals surface area contributed by atoms with Crippen molar-refractivity contribution in [2.45, 2.75) is 17.9 Å². The molecular formula is C19H18N2O4S. The number of fused-ring (bicyclic) bond motifs is 1. The van der Waals surface area contributed by atoms with Crippen molar-refractivity contribution in [3.8, 4) is 17.1 Å². The quantitative estimate of drug-likeness (QED) is 0.706. The summed E-state index contributed by atoms with van der Waals surface area (Å²) < 4.78 is 38.6. The van der Waals surface area contributed by atoms with Crippen molar-refractivity contribution in [2.75, 3.05) is 13.7 Å². The molecule has 26 heavy (non-hydrogen) atoms. The van der Waals surface area contributed by atoms with Crippen LogP contribution in [-0.4, -0.2) is 31.5 Å². The normalized spacial score (nSPS) is 14.8. The first-order valence-corrected chi connectivity index (χ1v) is 9.69. The predicted molar refractivity (Wildman–Crippen MR) is 96.2 cm³/mol. The zero-order chi connectivity index (χ0) is 18.1. The Labute approximate surface area is 152 Å². The molecule has 6 nitrogen and oxygen atoms in total. The summed E-state index contributed by atoms with van der Waals surface area (Å²) in [6.07, 6.45) is 2.22. The maximum atomic E-state index is 13.3. The lowest BCUT2D eigenvalue weighted by molar-refractivity contribution is 0.378. The highest BCUT2D eigenvalue weighted by Crippen LogP contribution is 2.33. The molecule has 0 fully saturated rings. The smallest absolute Gasteiger partial charge is 0.247 e.